The Morgan fingerprint density at radius 3 is 2.54 bits per heavy atom. The number of carbonyl (C=O) groups excluding carboxylic acids is 1. The number of nitriles is 1. The minimum atomic E-state index is -0.819. The molecule has 0 unspecified atom stereocenters. The zero-order chi connectivity index (χ0) is 20.1. The van der Waals surface area contributed by atoms with Crippen molar-refractivity contribution < 1.29 is 4.79 Å². The van der Waals surface area contributed by atoms with E-state index in [1.165, 1.54) is 0 Å². The number of hydrogen-bond donors (Lipinski definition) is 0. The Balaban J connectivity index is 1.81. The molecule has 1 amide bonds. The summed E-state index contributed by atoms with van der Waals surface area (Å²) in [7, 11) is 0. The highest BCUT2D eigenvalue weighted by Gasteiger charge is 2.49. The molecule has 140 valence electrons. The first-order chi connectivity index (χ1) is 13.3. The molecule has 0 saturated carbocycles. The lowest BCUT2D eigenvalue weighted by atomic mass is 9.91. The number of anilines is 2. The molecule has 3 aromatic rings. The fourth-order valence-corrected chi connectivity index (χ4v) is 4.23. The number of imidazole rings is 1. The van der Waals surface area contributed by atoms with Crippen LogP contribution >= 0.6 is 11.6 Å². The molecule has 1 aromatic heterocycles. The van der Waals surface area contributed by atoms with Crippen LogP contribution in [-0.2, 0) is 16.8 Å². The molecule has 2 heterocycles. The Bertz CT molecular complexity index is 1110. The Morgan fingerprint density at radius 1 is 1.18 bits per heavy atom. The average Bonchev–Trinajstić information content (AvgIpc) is 3.12. The monoisotopic (exact) mass is 390 g/mol. The van der Waals surface area contributed by atoms with Gasteiger partial charge in [0.2, 0.25) is 5.95 Å². The molecule has 1 atom stereocenters. The highest BCUT2D eigenvalue weighted by Crippen LogP contribution is 2.42. The van der Waals surface area contributed by atoms with E-state index < -0.39 is 5.54 Å². The SMILES string of the molecule is Cc1cc(Cl)cc(N2C(=O)[C@@](C)(Cc3ccc(C#N)cc3)n3c(C)cnc32)c1. The fraction of sp³-hybridized carbons (Fsp3) is 0.227. The van der Waals surface area contributed by atoms with Crippen LogP contribution in [0.4, 0.5) is 11.6 Å². The van der Waals surface area contributed by atoms with E-state index in [4.69, 9.17) is 16.9 Å². The second-order valence-corrected chi connectivity index (χ2v) is 7.86. The van der Waals surface area contributed by atoms with E-state index in [0.717, 1.165) is 16.8 Å². The number of nitrogens with zero attached hydrogens (tertiary/aromatic N) is 4. The summed E-state index contributed by atoms with van der Waals surface area (Å²) >= 11 is 6.25. The van der Waals surface area contributed by atoms with Crippen LogP contribution in [0.25, 0.3) is 0 Å². The molecule has 28 heavy (non-hydrogen) atoms. The van der Waals surface area contributed by atoms with Crippen LogP contribution in [-0.4, -0.2) is 15.5 Å². The predicted molar refractivity (Wildman–Crippen MR) is 109 cm³/mol. The van der Waals surface area contributed by atoms with Crippen molar-refractivity contribution in [2.24, 2.45) is 0 Å². The van der Waals surface area contributed by atoms with Gasteiger partial charge in [0, 0.05) is 17.1 Å². The molecule has 1 aliphatic rings. The maximum absolute atomic E-state index is 13.6. The van der Waals surface area contributed by atoms with Crippen molar-refractivity contribution in [3.05, 3.63) is 76.1 Å². The lowest BCUT2D eigenvalue weighted by molar-refractivity contribution is -0.123. The summed E-state index contributed by atoms with van der Waals surface area (Å²) < 4.78 is 1.99. The number of hydrogen-bond acceptors (Lipinski definition) is 3. The first-order valence-corrected chi connectivity index (χ1v) is 9.37. The molecule has 4 rings (SSSR count). The Hall–Kier alpha value is -3.10. The van der Waals surface area contributed by atoms with E-state index in [2.05, 4.69) is 11.1 Å². The standard InChI is InChI=1S/C22H19ClN4O/c1-14-8-18(23)10-19(9-14)26-20(28)22(3,27-15(2)13-25-21(26)27)11-16-4-6-17(12-24)7-5-16/h4-10,13H,11H2,1-3H3/t22-/m1/s1. The van der Waals surface area contributed by atoms with Crippen molar-refractivity contribution in [1.29, 1.82) is 5.26 Å². The number of aromatic nitrogens is 2. The normalized spacial score (nSPS) is 18.2. The van der Waals surface area contributed by atoms with E-state index >= 15 is 0 Å². The molecule has 6 heteroatoms. The van der Waals surface area contributed by atoms with Crippen molar-refractivity contribution in [2.75, 3.05) is 4.90 Å². The van der Waals surface area contributed by atoms with Crippen LogP contribution in [0, 0.1) is 25.2 Å². The van der Waals surface area contributed by atoms with Gasteiger partial charge in [-0.05, 0) is 62.2 Å². The Morgan fingerprint density at radius 2 is 1.89 bits per heavy atom. The van der Waals surface area contributed by atoms with E-state index in [1.54, 1.807) is 29.3 Å². The number of carbonyl (C=O) groups is 1. The zero-order valence-corrected chi connectivity index (χ0v) is 16.7. The molecule has 0 saturated heterocycles. The summed E-state index contributed by atoms with van der Waals surface area (Å²) in [6, 6.07) is 15.1. The second kappa shape index (κ2) is 6.50. The first kappa shape index (κ1) is 18.3. The Kier molecular flexibility index (Phi) is 4.24. The molecule has 1 aliphatic heterocycles. The third kappa shape index (κ3) is 2.78. The minimum absolute atomic E-state index is 0.0512. The minimum Gasteiger partial charge on any atom is -0.299 e. The van der Waals surface area contributed by atoms with Gasteiger partial charge in [0.25, 0.3) is 5.91 Å². The van der Waals surface area contributed by atoms with Gasteiger partial charge in [-0.1, -0.05) is 23.7 Å². The van der Waals surface area contributed by atoms with Crippen LogP contribution in [0.3, 0.4) is 0 Å². The van der Waals surface area contributed by atoms with Gasteiger partial charge in [-0.25, -0.2) is 9.88 Å². The largest absolute Gasteiger partial charge is 0.299 e. The third-order valence-corrected chi connectivity index (χ3v) is 5.41. The van der Waals surface area contributed by atoms with Crippen molar-refractivity contribution in [3.8, 4) is 6.07 Å². The van der Waals surface area contributed by atoms with E-state index in [9.17, 15) is 4.79 Å². The number of rotatable bonds is 3. The van der Waals surface area contributed by atoms with Gasteiger partial charge in [0.1, 0.15) is 5.54 Å². The molecular weight excluding hydrogens is 372 g/mol. The Labute approximate surface area is 168 Å². The van der Waals surface area contributed by atoms with Gasteiger partial charge in [-0.2, -0.15) is 5.26 Å². The van der Waals surface area contributed by atoms with Crippen molar-refractivity contribution in [2.45, 2.75) is 32.7 Å². The quantitative estimate of drug-likeness (QED) is 0.653. The fourth-order valence-electron chi connectivity index (χ4n) is 3.95. The molecule has 0 spiro atoms. The predicted octanol–water partition coefficient (Wildman–Crippen LogP) is 4.66. The summed E-state index contributed by atoms with van der Waals surface area (Å²) in [6.07, 6.45) is 2.28. The number of amides is 1. The summed E-state index contributed by atoms with van der Waals surface area (Å²) in [5.74, 6) is 0.546. The van der Waals surface area contributed by atoms with E-state index in [1.807, 2.05) is 49.6 Å². The van der Waals surface area contributed by atoms with Crippen LogP contribution in [0.15, 0.2) is 48.7 Å². The highest BCUT2D eigenvalue weighted by atomic mass is 35.5. The number of aryl methyl sites for hydroxylation is 2. The number of benzene rings is 2. The third-order valence-electron chi connectivity index (χ3n) is 5.19. The summed E-state index contributed by atoms with van der Waals surface area (Å²) in [5, 5.41) is 9.60. The first-order valence-electron chi connectivity index (χ1n) is 8.99. The molecule has 0 fully saturated rings. The second-order valence-electron chi connectivity index (χ2n) is 7.42. The molecule has 0 bridgehead atoms. The molecule has 0 N–H and O–H groups in total. The van der Waals surface area contributed by atoms with Crippen LogP contribution in [0.5, 0.6) is 0 Å². The van der Waals surface area contributed by atoms with Crippen LogP contribution < -0.4 is 4.90 Å². The molecule has 0 radical (unpaired) electrons. The smallest absolute Gasteiger partial charge is 0.260 e. The van der Waals surface area contributed by atoms with Crippen molar-refractivity contribution >= 4 is 29.1 Å². The summed E-state index contributed by atoms with van der Waals surface area (Å²) in [4.78, 5) is 19.8. The maximum atomic E-state index is 13.6. The highest BCUT2D eigenvalue weighted by molar-refractivity contribution is 6.31. The summed E-state index contributed by atoms with van der Waals surface area (Å²) in [5.41, 5.74) is 3.37. The van der Waals surface area contributed by atoms with Gasteiger partial charge in [-0.3, -0.25) is 9.36 Å². The van der Waals surface area contributed by atoms with Crippen LogP contribution in [0.1, 0.15) is 29.3 Å². The zero-order valence-electron chi connectivity index (χ0n) is 15.9. The maximum Gasteiger partial charge on any atom is 0.260 e. The lowest BCUT2D eigenvalue weighted by Crippen LogP contribution is -2.41. The lowest BCUT2D eigenvalue weighted by Gasteiger charge is -2.26. The van der Waals surface area contributed by atoms with E-state index in [-0.39, 0.29) is 5.91 Å². The molecule has 0 aliphatic carbocycles. The summed E-state index contributed by atoms with van der Waals surface area (Å²) in [6.45, 7) is 5.83. The molecule has 2 aromatic carbocycles. The number of fused-ring (bicyclic) bond motifs is 1. The van der Waals surface area contributed by atoms with Gasteiger partial charge < -0.3 is 0 Å². The van der Waals surface area contributed by atoms with Crippen LogP contribution in [0.2, 0.25) is 5.02 Å². The molecular formula is C22H19ClN4O. The van der Waals surface area contributed by atoms with Gasteiger partial charge >= 0.3 is 0 Å². The van der Waals surface area contributed by atoms with Gasteiger partial charge in [0.05, 0.1) is 23.5 Å². The van der Waals surface area contributed by atoms with Gasteiger partial charge in [-0.15, -0.1) is 0 Å². The average molecular weight is 391 g/mol. The number of halogens is 1. The molecule has 5 nitrogen and oxygen atoms in total. The van der Waals surface area contributed by atoms with Gasteiger partial charge in [0.15, 0.2) is 0 Å². The van der Waals surface area contributed by atoms with E-state index in [0.29, 0.717) is 28.6 Å². The van der Waals surface area contributed by atoms with Crippen molar-refractivity contribution in [3.63, 3.8) is 0 Å². The topological polar surface area (TPSA) is 61.9 Å². The van der Waals surface area contributed by atoms with Crippen molar-refractivity contribution in [1.82, 2.24) is 9.55 Å².